The number of aromatic amines is 1. The van der Waals surface area contributed by atoms with Crippen LogP contribution < -0.4 is 0 Å². The highest BCUT2D eigenvalue weighted by atomic mass is 16.6. The van der Waals surface area contributed by atoms with Crippen molar-refractivity contribution in [1.82, 2.24) is 20.1 Å². The summed E-state index contributed by atoms with van der Waals surface area (Å²) in [6.07, 6.45) is 3.41. The van der Waals surface area contributed by atoms with Crippen LogP contribution in [-0.4, -0.2) is 44.6 Å². The number of hydrogen-bond donors (Lipinski definition) is 1. The van der Waals surface area contributed by atoms with Crippen LogP contribution in [0.3, 0.4) is 0 Å². The van der Waals surface area contributed by atoms with Gasteiger partial charge < -0.3 is 4.90 Å². The van der Waals surface area contributed by atoms with Crippen molar-refractivity contribution in [3.8, 4) is 11.4 Å². The molecule has 1 aliphatic heterocycles. The lowest BCUT2D eigenvalue weighted by molar-refractivity contribution is -0.384. The summed E-state index contributed by atoms with van der Waals surface area (Å²) in [6.45, 7) is 3.33. The van der Waals surface area contributed by atoms with Gasteiger partial charge in [-0.15, -0.1) is 0 Å². The van der Waals surface area contributed by atoms with E-state index in [-0.39, 0.29) is 5.69 Å². The average molecular weight is 287 g/mol. The first kappa shape index (κ1) is 13.7. The van der Waals surface area contributed by atoms with Gasteiger partial charge in [-0.05, 0) is 38.1 Å². The molecule has 7 nitrogen and oxygen atoms in total. The number of nitro benzene ring substituents is 1. The maximum absolute atomic E-state index is 10.6. The first-order valence-corrected chi connectivity index (χ1v) is 7.11. The fraction of sp³-hybridized carbons (Fsp3) is 0.429. The highest BCUT2D eigenvalue weighted by Gasteiger charge is 2.13. The van der Waals surface area contributed by atoms with Crippen LogP contribution in [0.25, 0.3) is 11.4 Å². The molecular weight excluding hydrogens is 270 g/mol. The first-order valence-electron chi connectivity index (χ1n) is 7.11. The summed E-state index contributed by atoms with van der Waals surface area (Å²) >= 11 is 0. The van der Waals surface area contributed by atoms with E-state index in [9.17, 15) is 10.1 Å². The van der Waals surface area contributed by atoms with Gasteiger partial charge in [-0.2, -0.15) is 5.10 Å². The van der Waals surface area contributed by atoms with E-state index in [0.717, 1.165) is 24.4 Å². The van der Waals surface area contributed by atoms with E-state index in [4.69, 9.17) is 0 Å². The van der Waals surface area contributed by atoms with Gasteiger partial charge in [0.05, 0.1) is 4.92 Å². The summed E-state index contributed by atoms with van der Waals surface area (Å²) in [4.78, 5) is 17.1. The molecule has 0 unspecified atom stereocenters. The van der Waals surface area contributed by atoms with Crippen molar-refractivity contribution in [2.75, 3.05) is 19.6 Å². The van der Waals surface area contributed by atoms with Gasteiger partial charge in [-0.25, -0.2) is 4.98 Å². The third kappa shape index (κ3) is 3.25. The summed E-state index contributed by atoms with van der Waals surface area (Å²) in [5.41, 5.74) is 0.854. The lowest BCUT2D eigenvalue weighted by Gasteiger charge is -2.12. The average Bonchev–Trinajstić information content (AvgIpc) is 3.17. The Bertz CT molecular complexity index is 617. The molecule has 0 aliphatic carbocycles. The number of nitro groups is 1. The molecular formula is C14H17N5O2. The molecule has 1 fully saturated rings. The molecule has 1 aromatic heterocycles. The van der Waals surface area contributed by atoms with Crippen molar-refractivity contribution in [3.05, 3.63) is 40.2 Å². The number of rotatable bonds is 5. The van der Waals surface area contributed by atoms with Gasteiger partial charge in [0.1, 0.15) is 5.82 Å². The van der Waals surface area contributed by atoms with Gasteiger partial charge in [0, 0.05) is 30.7 Å². The summed E-state index contributed by atoms with van der Waals surface area (Å²) in [6, 6.07) is 6.28. The largest absolute Gasteiger partial charge is 0.303 e. The summed E-state index contributed by atoms with van der Waals surface area (Å²) in [5.74, 6) is 1.44. The molecule has 2 aromatic rings. The van der Waals surface area contributed by atoms with Crippen LogP contribution in [-0.2, 0) is 6.42 Å². The molecule has 0 radical (unpaired) electrons. The molecule has 1 N–H and O–H groups in total. The van der Waals surface area contributed by atoms with Crippen LogP contribution in [0.15, 0.2) is 24.3 Å². The fourth-order valence-corrected chi connectivity index (χ4v) is 2.54. The SMILES string of the molecule is O=[N+]([O-])c1ccc(-c2n[nH]c(CCN3CCCC3)n2)cc1. The third-order valence-electron chi connectivity index (χ3n) is 3.73. The van der Waals surface area contributed by atoms with Crippen molar-refractivity contribution in [2.24, 2.45) is 0 Å². The van der Waals surface area contributed by atoms with Gasteiger partial charge >= 0.3 is 0 Å². The second-order valence-electron chi connectivity index (χ2n) is 5.21. The summed E-state index contributed by atoms with van der Waals surface area (Å²) < 4.78 is 0. The molecule has 1 saturated heterocycles. The van der Waals surface area contributed by atoms with E-state index in [0.29, 0.717) is 5.82 Å². The highest BCUT2D eigenvalue weighted by molar-refractivity contribution is 5.56. The molecule has 1 aromatic carbocycles. The molecule has 21 heavy (non-hydrogen) atoms. The smallest absolute Gasteiger partial charge is 0.269 e. The van der Waals surface area contributed by atoms with Crippen LogP contribution >= 0.6 is 0 Å². The minimum Gasteiger partial charge on any atom is -0.303 e. The molecule has 0 spiro atoms. The zero-order valence-corrected chi connectivity index (χ0v) is 11.7. The maximum atomic E-state index is 10.6. The van der Waals surface area contributed by atoms with Crippen LogP contribution in [0.4, 0.5) is 5.69 Å². The number of likely N-dealkylation sites (tertiary alicyclic amines) is 1. The molecule has 3 rings (SSSR count). The second kappa shape index (κ2) is 6.01. The summed E-state index contributed by atoms with van der Waals surface area (Å²) in [7, 11) is 0. The molecule has 0 bridgehead atoms. The predicted octanol–water partition coefficient (Wildman–Crippen LogP) is 2.02. The Labute approximate surface area is 122 Å². The Morgan fingerprint density at radius 1 is 1.24 bits per heavy atom. The lowest BCUT2D eigenvalue weighted by atomic mass is 10.2. The van der Waals surface area contributed by atoms with E-state index in [1.807, 2.05) is 0 Å². The maximum Gasteiger partial charge on any atom is 0.269 e. The number of aromatic nitrogens is 3. The standard InChI is InChI=1S/C14H17N5O2/c20-19(21)12-5-3-11(4-6-12)14-15-13(16-17-14)7-10-18-8-1-2-9-18/h3-6H,1-2,7-10H2,(H,15,16,17). The Balaban J connectivity index is 1.64. The van der Waals surface area contributed by atoms with E-state index in [1.165, 1.54) is 38.1 Å². The van der Waals surface area contributed by atoms with Crippen molar-refractivity contribution < 1.29 is 4.92 Å². The first-order chi connectivity index (χ1) is 10.2. The molecule has 1 aliphatic rings. The molecule has 0 saturated carbocycles. The normalized spacial score (nSPS) is 15.4. The van der Waals surface area contributed by atoms with Crippen LogP contribution in [0.5, 0.6) is 0 Å². The number of H-pyrrole nitrogens is 1. The number of benzene rings is 1. The Kier molecular flexibility index (Phi) is 3.92. The number of hydrogen-bond acceptors (Lipinski definition) is 5. The van der Waals surface area contributed by atoms with Crippen LogP contribution in [0, 0.1) is 10.1 Å². The minimum atomic E-state index is -0.413. The van der Waals surface area contributed by atoms with E-state index in [2.05, 4.69) is 20.1 Å². The zero-order valence-electron chi connectivity index (χ0n) is 11.7. The molecule has 110 valence electrons. The van der Waals surface area contributed by atoms with Crippen molar-refractivity contribution in [2.45, 2.75) is 19.3 Å². The quantitative estimate of drug-likeness (QED) is 0.671. The van der Waals surface area contributed by atoms with Crippen molar-refractivity contribution >= 4 is 5.69 Å². The molecule has 2 heterocycles. The number of non-ortho nitro benzene ring substituents is 1. The van der Waals surface area contributed by atoms with Crippen LogP contribution in [0.2, 0.25) is 0 Å². The Hall–Kier alpha value is -2.28. The van der Waals surface area contributed by atoms with Gasteiger partial charge in [-0.3, -0.25) is 15.2 Å². The van der Waals surface area contributed by atoms with Crippen molar-refractivity contribution in [3.63, 3.8) is 0 Å². The molecule has 7 heteroatoms. The Morgan fingerprint density at radius 3 is 2.62 bits per heavy atom. The van der Waals surface area contributed by atoms with E-state index < -0.39 is 4.92 Å². The predicted molar refractivity (Wildman–Crippen MR) is 77.9 cm³/mol. The number of nitrogens with zero attached hydrogens (tertiary/aromatic N) is 4. The molecule has 0 atom stereocenters. The van der Waals surface area contributed by atoms with E-state index in [1.54, 1.807) is 12.1 Å². The van der Waals surface area contributed by atoms with Gasteiger partial charge in [0.25, 0.3) is 5.69 Å². The van der Waals surface area contributed by atoms with Crippen LogP contribution in [0.1, 0.15) is 18.7 Å². The van der Waals surface area contributed by atoms with Gasteiger partial charge in [-0.1, -0.05) is 0 Å². The van der Waals surface area contributed by atoms with Crippen molar-refractivity contribution in [1.29, 1.82) is 0 Å². The molecule has 0 amide bonds. The minimum absolute atomic E-state index is 0.0727. The van der Waals surface area contributed by atoms with Gasteiger partial charge in [0.15, 0.2) is 5.82 Å². The number of nitrogens with one attached hydrogen (secondary N) is 1. The monoisotopic (exact) mass is 287 g/mol. The second-order valence-corrected chi connectivity index (χ2v) is 5.21. The zero-order chi connectivity index (χ0) is 14.7. The fourth-order valence-electron chi connectivity index (χ4n) is 2.54. The third-order valence-corrected chi connectivity index (χ3v) is 3.73. The van der Waals surface area contributed by atoms with Gasteiger partial charge in [0.2, 0.25) is 0 Å². The van der Waals surface area contributed by atoms with E-state index >= 15 is 0 Å². The summed E-state index contributed by atoms with van der Waals surface area (Å²) in [5, 5.41) is 17.8. The topological polar surface area (TPSA) is 87.9 Å². The lowest BCUT2D eigenvalue weighted by Crippen LogP contribution is -2.22. The highest BCUT2D eigenvalue weighted by Crippen LogP contribution is 2.19. The Morgan fingerprint density at radius 2 is 1.95 bits per heavy atom.